The number of hydrogen-bond acceptors (Lipinski definition) is 4. The molecule has 0 aliphatic rings. The topological polar surface area (TPSA) is 27.7 Å². The molecule has 0 aliphatic heterocycles. The summed E-state index contributed by atoms with van der Waals surface area (Å²) in [5, 5.41) is 0. The highest BCUT2D eigenvalue weighted by Crippen LogP contribution is 1.87. The SMILES string of the molecule is COCCCOCCOCCCS. The second-order valence-electron chi connectivity index (χ2n) is 2.65. The predicted molar refractivity (Wildman–Crippen MR) is 56.6 cm³/mol. The number of thiol groups is 1. The van der Waals surface area contributed by atoms with Gasteiger partial charge >= 0.3 is 0 Å². The van der Waals surface area contributed by atoms with Gasteiger partial charge in [-0.2, -0.15) is 12.6 Å². The molecule has 0 aromatic carbocycles. The van der Waals surface area contributed by atoms with Crippen LogP contribution in [0.5, 0.6) is 0 Å². The van der Waals surface area contributed by atoms with Gasteiger partial charge in [0.05, 0.1) is 13.2 Å². The van der Waals surface area contributed by atoms with Gasteiger partial charge in [-0.3, -0.25) is 0 Å². The number of ether oxygens (including phenoxy) is 3. The van der Waals surface area contributed by atoms with Gasteiger partial charge in [-0.15, -0.1) is 0 Å². The van der Waals surface area contributed by atoms with E-state index in [1.165, 1.54) is 0 Å². The van der Waals surface area contributed by atoms with Crippen molar-refractivity contribution in [2.24, 2.45) is 0 Å². The Bertz CT molecular complexity index is 80.9. The zero-order valence-electron chi connectivity index (χ0n) is 8.33. The Hall–Kier alpha value is 0.230. The Balaban J connectivity index is 2.76. The number of rotatable bonds is 10. The minimum Gasteiger partial charge on any atom is -0.385 e. The van der Waals surface area contributed by atoms with Crippen molar-refractivity contribution in [3.8, 4) is 0 Å². The summed E-state index contributed by atoms with van der Waals surface area (Å²) < 4.78 is 15.4. The molecule has 0 saturated carbocycles. The first-order valence-electron chi connectivity index (χ1n) is 4.67. The maximum Gasteiger partial charge on any atom is 0.0700 e. The standard InChI is InChI=1S/C9H20O3S/c1-10-4-2-5-11-7-8-12-6-3-9-13/h13H,2-9H2,1H3. The molecule has 3 nitrogen and oxygen atoms in total. The van der Waals surface area contributed by atoms with Crippen LogP contribution >= 0.6 is 12.6 Å². The average Bonchev–Trinajstić information content (AvgIpc) is 2.16. The van der Waals surface area contributed by atoms with Gasteiger partial charge in [-0.05, 0) is 18.6 Å². The first-order chi connectivity index (χ1) is 6.41. The van der Waals surface area contributed by atoms with Crippen LogP contribution in [0.25, 0.3) is 0 Å². The van der Waals surface area contributed by atoms with Crippen LogP contribution in [0.1, 0.15) is 12.8 Å². The van der Waals surface area contributed by atoms with Crippen molar-refractivity contribution in [1.29, 1.82) is 0 Å². The zero-order chi connectivity index (χ0) is 9.78. The van der Waals surface area contributed by atoms with E-state index in [0.29, 0.717) is 13.2 Å². The van der Waals surface area contributed by atoms with Crippen molar-refractivity contribution < 1.29 is 14.2 Å². The summed E-state index contributed by atoms with van der Waals surface area (Å²) in [4.78, 5) is 0. The van der Waals surface area contributed by atoms with Crippen LogP contribution in [-0.4, -0.2) is 45.9 Å². The molecular weight excluding hydrogens is 188 g/mol. The lowest BCUT2D eigenvalue weighted by atomic mass is 10.5. The quantitative estimate of drug-likeness (QED) is 0.434. The Kier molecular flexibility index (Phi) is 12.4. The van der Waals surface area contributed by atoms with Gasteiger partial charge in [0.1, 0.15) is 0 Å². The molecular formula is C9H20O3S. The molecule has 13 heavy (non-hydrogen) atoms. The third-order valence-corrected chi connectivity index (χ3v) is 1.77. The van der Waals surface area contributed by atoms with E-state index in [1.54, 1.807) is 7.11 Å². The Labute approximate surface area is 86.2 Å². The highest BCUT2D eigenvalue weighted by atomic mass is 32.1. The summed E-state index contributed by atoms with van der Waals surface area (Å²) in [5.74, 6) is 0.884. The van der Waals surface area contributed by atoms with E-state index in [0.717, 1.165) is 38.4 Å². The Morgan fingerprint density at radius 1 is 0.846 bits per heavy atom. The molecule has 80 valence electrons. The molecule has 4 heteroatoms. The minimum absolute atomic E-state index is 0.677. The summed E-state index contributed by atoms with van der Waals surface area (Å²) in [5.41, 5.74) is 0. The smallest absolute Gasteiger partial charge is 0.0700 e. The van der Waals surface area contributed by atoms with Gasteiger partial charge in [0.25, 0.3) is 0 Å². The van der Waals surface area contributed by atoms with Gasteiger partial charge in [0, 0.05) is 26.9 Å². The summed E-state index contributed by atoms with van der Waals surface area (Å²) in [7, 11) is 1.70. The van der Waals surface area contributed by atoms with Crippen LogP contribution in [0.15, 0.2) is 0 Å². The first kappa shape index (κ1) is 13.2. The molecule has 0 atom stereocenters. The molecule has 0 aromatic heterocycles. The molecule has 0 aliphatic carbocycles. The average molecular weight is 208 g/mol. The second-order valence-corrected chi connectivity index (χ2v) is 3.10. The van der Waals surface area contributed by atoms with E-state index in [9.17, 15) is 0 Å². The van der Waals surface area contributed by atoms with Gasteiger partial charge in [0.2, 0.25) is 0 Å². The third-order valence-electron chi connectivity index (χ3n) is 1.46. The van der Waals surface area contributed by atoms with E-state index < -0.39 is 0 Å². The molecule has 0 aromatic rings. The highest BCUT2D eigenvalue weighted by molar-refractivity contribution is 7.80. The molecule has 0 unspecified atom stereocenters. The Morgan fingerprint density at radius 2 is 1.46 bits per heavy atom. The lowest BCUT2D eigenvalue weighted by Crippen LogP contribution is -2.07. The van der Waals surface area contributed by atoms with E-state index >= 15 is 0 Å². The van der Waals surface area contributed by atoms with Crippen LogP contribution < -0.4 is 0 Å². The van der Waals surface area contributed by atoms with Crippen molar-refractivity contribution in [2.45, 2.75) is 12.8 Å². The van der Waals surface area contributed by atoms with Crippen LogP contribution in [0.2, 0.25) is 0 Å². The van der Waals surface area contributed by atoms with Crippen molar-refractivity contribution in [3.05, 3.63) is 0 Å². The van der Waals surface area contributed by atoms with Crippen LogP contribution in [0.3, 0.4) is 0 Å². The molecule has 0 fully saturated rings. The normalized spacial score (nSPS) is 10.6. The third kappa shape index (κ3) is 12.2. The fourth-order valence-corrected chi connectivity index (χ4v) is 0.923. The maximum absolute atomic E-state index is 5.29. The predicted octanol–water partition coefficient (Wildman–Crippen LogP) is 1.38. The van der Waals surface area contributed by atoms with Crippen LogP contribution in [0.4, 0.5) is 0 Å². The molecule has 0 N–H and O–H groups in total. The molecule has 0 rings (SSSR count). The van der Waals surface area contributed by atoms with Gasteiger partial charge in [-0.1, -0.05) is 0 Å². The summed E-state index contributed by atoms with van der Waals surface area (Å²) >= 11 is 4.08. The Morgan fingerprint density at radius 3 is 2.00 bits per heavy atom. The molecule has 0 saturated heterocycles. The van der Waals surface area contributed by atoms with Crippen LogP contribution in [-0.2, 0) is 14.2 Å². The van der Waals surface area contributed by atoms with E-state index in [4.69, 9.17) is 14.2 Å². The van der Waals surface area contributed by atoms with Crippen LogP contribution in [0, 0.1) is 0 Å². The van der Waals surface area contributed by atoms with E-state index in [1.807, 2.05) is 0 Å². The van der Waals surface area contributed by atoms with Crippen molar-refractivity contribution in [3.63, 3.8) is 0 Å². The molecule has 0 spiro atoms. The summed E-state index contributed by atoms with van der Waals surface area (Å²) in [6.45, 7) is 3.66. The lowest BCUT2D eigenvalue weighted by molar-refractivity contribution is 0.0403. The largest absolute Gasteiger partial charge is 0.385 e. The van der Waals surface area contributed by atoms with Crippen molar-refractivity contribution in [1.82, 2.24) is 0 Å². The maximum atomic E-state index is 5.29. The van der Waals surface area contributed by atoms with Gasteiger partial charge < -0.3 is 14.2 Å². The summed E-state index contributed by atoms with van der Waals surface area (Å²) in [6.07, 6.45) is 1.96. The fraction of sp³-hybridized carbons (Fsp3) is 1.00. The lowest BCUT2D eigenvalue weighted by Gasteiger charge is -2.04. The molecule has 0 bridgehead atoms. The van der Waals surface area contributed by atoms with Gasteiger partial charge in [0.15, 0.2) is 0 Å². The fourth-order valence-electron chi connectivity index (χ4n) is 0.794. The molecule has 0 radical (unpaired) electrons. The highest BCUT2D eigenvalue weighted by Gasteiger charge is 1.89. The zero-order valence-corrected chi connectivity index (χ0v) is 9.22. The molecule has 0 heterocycles. The van der Waals surface area contributed by atoms with Crippen molar-refractivity contribution in [2.75, 3.05) is 45.9 Å². The second kappa shape index (κ2) is 12.2. The van der Waals surface area contributed by atoms with Crippen molar-refractivity contribution >= 4 is 12.6 Å². The van der Waals surface area contributed by atoms with E-state index in [2.05, 4.69) is 12.6 Å². The minimum atomic E-state index is 0.677. The monoisotopic (exact) mass is 208 g/mol. The number of hydrogen-bond donors (Lipinski definition) is 1. The summed E-state index contributed by atoms with van der Waals surface area (Å²) in [6, 6.07) is 0. The van der Waals surface area contributed by atoms with E-state index in [-0.39, 0.29) is 0 Å². The first-order valence-corrected chi connectivity index (χ1v) is 5.30. The van der Waals surface area contributed by atoms with Gasteiger partial charge in [-0.25, -0.2) is 0 Å². The molecule has 0 amide bonds. The number of methoxy groups -OCH3 is 1.